The first kappa shape index (κ1) is 30.5. The average Bonchev–Trinajstić information content (AvgIpc) is 2.83. The lowest BCUT2D eigenvalue weighted by Crippen LogP contribution is -2.53. The Morgan fingerprint density at radius 2 is 1.65 bits per heavy atom. The van der Waals surface area contributed by atoms with Gasteiger partial charge in [-0.15, -0.1) is 0 Å². The molecule has 37 heavy (non-hydrogen) atoms. The van der Waals surface area contributed by atoms with E-state index in [1.54, 1.807) is 44.7 Å². The van der Waals surface area contributed by atoms with Crippen LogP contribution in [0.3, 0.4) is 0 Å². The minimum atomic E-state index is -0.882. The molecule has 208 valence electrons. The van der Waals surface area contributed by atoms with Crippen LogP contribution in [0.5, 0.6) is 5.75 Å². The molecule has 1 aromatic carbocycles. The number of hydrogen-bond acceptors (Lipinski definition) is 5. The Kier molecular flexibility index (Phi) is 12.2. The van der Waals surface area contributed by atoms with Crippen molar-refractivity contribution in [3.05, 3.63) is 29.8 Å². The van der Waals surface area contributed by atoms with Crippen LogP contribution in [0.1, 0.15) is 110 Å². The highest BCUT2D eigenvalue weighted by atomic mass is 16.6. The van der Waals surface area contributed by atoms with Gasteiger partial charge in [0.05, 0.1) is 0 Å². The first-order chi connectivity index (χ1) is 17.5. The zero-order valence-electron chi connectivity index (χ0n) is 23.3. The SMILES string of the molecule is CCCCCCCN(C(=O)C(C)NC(=O)OC(C)(C)C)C(C(=O)NC1CCCCC1)c1ccc(O)cc1. The standard InChI is InChI=1S/C29H47N3O5/c1-6-7-8-9-13-20-32(27(35)21(2)30-28(36)37-29(3,4)5)25(22-16-18-24(33)19-17-22)26(34)31-23-14-11-10-12-15-23/h16-19,21,23,25,33H,6-15,20H2,1-5H3,(H,30,36)(H,31,34). The molecule has 3 amide bonds. The number of unbranched alkanes of at least 4 members (excludes halogenated alkanes) is 4. The zero-order chi connectivity index (χ0) is 27.4. The molecule has 0 heterocycles. The molecule has 0 aromatic heterocycles. The maximum Gasteiger partial charge on any atom is 0.408 e. The molecule has 2 atom stereocenters. The van der Waals surface area contributed by atoms with E-state index in [1.807, 2.05) is 0 Å². The quantitative estimate of drug-likeness (QED) is 0.313. The summed E-state index contributed by atoms with van der Waals surface area (Å²) < 4.78 is 5.34. The van der Waals surface area contributed by atoms with Gasteiger partial charge in [-0.25, -0.2) is 4.79 Å². The number of nitrogens with zero attached hydrogens (tertiary/aromatic N) is 1. The number of amides is 3. The van der Waals surface area contributed by atoms with Crippen LogP contribution in [-0.2, 0) is 14.3 Å². The molecule has 1 saturated carbocycles. The van der Waals surface area contributed by atoms with Crippen molar-refractivity contribution in [2.24, 2.45) is 0 Å². The molecule has 0 saturated heterocycles. The highest BCUT2D eigenvalue weighted by Crippen LogP contribution is 2.27. The van der Waals surface area contributed by atoms with Crippen LogP contribution in [0, 0.1) is 0 Å². The van der Waals surface area contributed by atoms with E-state index in [2.05, 4.69) is 17.6 Å². The topological polar surface area (TPSA) is 108 Å². The van der Waals surface area contributed by atoms with Crippen LogP contribution in [-0.4, -0.2) is 52.1 Å². The predicted octanol–water partition coefficient (Wildman–Crippen LogP) is 5.59. The number of benzene rings is 1. The van der Waals surface area contributed by atoms with Gasteiger partial charge in [-0.2, -0.15) is 0 Å². The van der Waals surface area contributed by atoms with E-state index in [9.17, 15) is 19.5 Å². The third kappa shape index (κ3) is 10.6. The minimum Gasteiger partial charge on any atom is -0.508 e. The monoisotopic (exact) mass is 517 g/mol. The van der Waals surface area contributed by atoms with Gasteiger partial charge in [0.25, 0.3) is 0 Å². The molecule has 1 fully saturated rings. The molecule has 0 spiro atoms. The fourth-order valence-corrected chi connectivity index (χ4v) is 4.70. The Morgan fingerprint density at radius 3 is 2.24 bits per heavy atom. The van der Waals surface area contributed by atoms with Gasteiger partial charge >= 0.3 is 6.09 Å². The molecule has 2 rings (SSSR count). The van der Waals surface area contributed by atoms with Crippen molar-refractivity contribution in [2.45, 2.75) is 123 Å². The predicted molar refractivity (Wildman–Crippen MR) is 145 cm³/mol. The van der Waals surface area contributed by atoms with Crippen molar-refractivity contribution in [2.75, 3.05) is 6.54 Å². The van der Waals surface area contributed by atoms with E-state index in [-0.39, 0.29) is 23.6 Å². The van der Waals surface area contributed by atoms with E-state index in [0.717, 1.165) is 57.8 Å². The number of hydrogen-bond donors (Lipinski definition) is 3. The number of carbonyl (C=O) groups is 3. The first-order valence-electron chi connectivity index (χ1n) is 13.9. The van der Waals surface area contributed by atoms with Crippen LogP contribution in [0.25, 0.3) is 0 Å². The van der Waals surface area contributed by atoms with Crippen molar-refractivity contribution in [1.82, 2.24) is 15.5 Å². The lowest BCUT2D eigenvalue weighted by Gasteiger charge is -2.35. The van der Waals surface area contributed by atoms with Crippen LogP contribution >= 0.6 is 0 Å². The highest BCUT2D eigenvalue weighted by Gasteiger charge is 2.35. The Labute approximate surface area is 222 Å². The Hall–Kier alpha value is -2.77. The molecule has 8 heteroatoms. The van der Waals surface area contributed by atoms with E-state index >= 15 is 0 Å². The Bertz CT molecular complexity index is 859. The molecular formula is C29H47N3O5. The summed E-state index contributed by atoms with van der Waals surface area (Å²) in [4.78, 5) is 41.5. The molecule has 8 nitrogen and oxygen atoms in total. The summed E-state index contributed by atoms with van der Waals surface area (Å²) in [5.41, 5.74) is -0.0715. The van der Waals surface area contributed by atoms with Gasteiger partial charge in [0.2, 0.25) is 11.8 Å². The van der Waals surface area contributed by atoms with Crippen LogP contribution in [0.4, 0.5) is 4.79 Å². The summed E-state index contributed by atoms with van der Waals surface area (Å²) in [5, 5.41) is 15.7. The van der Waals surface area contributed by atoms with E-state index < -0.39 is 23.8 Å². The first-order valence-corrected chi connectivity index (χ1v) is 13.9. The van der Waals surface area contributed by atoms with Crippen LogP contribution in [0.15, 0.2) is 24.3 Å². The van der Waals surface area contributed by atoms with Crippen molar-refractivity contribution < 1.29 is 24.2 Å². The van der Waals surface area contributed by atoms with Crippen molar-refractivity contribution in [3.8, 4) is 5.75 Å². The summed E-state index contributed by atoms with van der Waals surface area (Å²) >= 11 is 0. The second-order valence-corrected chi connectivity index (χ2v) is 11.2. The lowest BCUT2D eigenvalue weighted by atomic mass is 9.94. The number of aromatic hydroxyl groups is 1. The molecule has 0 bridgehead atoms. The summed E-state index contributed by atoms with van der Waals surface area (Å²) in [6, 6.07) is 4.76. The van der Waals surface area contributed by atoms with Gasteiger partial charge in [0.15, 0.2) is 0 Å². The van der Waals surface area contributed by atoms with Crippen LogP contribution < -0.4 is 10.6 Å². The maximum atomic E-state index is 13.8. The molecule has 1 aliphatic carbocycles. The average molecular weight is 518 g/mol. The van der Waals surface area contributed by atoms with Crippen LogP contribution in [0.2, 0.25) is 0 Å². The number of ether oxygens (including phenoxy) is 1. The number of phenolic OH excluding ortho intramolecular Hbond substituents is 1. The summed E-state index contributed by atoms with van der Waals surface area (Å²) in [5.74, 6) is -0.491. The fraction of sp³-hybridized carbons (Fsp3) is 0.690. The summed E-state index contributed by atoms with van der Waals surface area (Å²) in [7, 11) is 0. The van der Waals surface area contributed by atoms with Gasteiger partial charge in [-0.3, -0.25) is 9.59 Å². The van der Waals surface area contributed by atoms with E-state index in [4.69, 9.17) is 4.74 Å². The summed E-state index contributed by atoms with van der Waals surface area (Å²) in [6.45, 7) is 9.43. The lowest BCUT2D eigenvalue weighted by molar-refractivity contribution is -0.142. The zero-order valence-corrected chi connectivity index (χ0v) is 23.3. The second-order valence-electron chi connectivity index (χ2n) is 11.2. The highest BCUT2D eigenvalue weighted by molar-refractivity contribution is 5.92. The molecule has 1 aromatic rings. The largest absolute Gasteiger partial charge is 0.508 e. The third-order valence-electron chi connectivity index (χ3n) is 6.61. The van der Waals surface area contributed by atoms with Crippen molar-refractivity contribution in [1.29, 1.82) is 0 Å². The molecule has 0 aliphatic heterocycles. The number of phenols is 1. The van der Waals surface area contributed by atoms with E-state index in [0.29, 0.717) is 12.1 Å². The van der Waals surface area contributed by atoms with E-state index in [1.165, 1.54) is 18.6 Å². The van der Waals surface area contributed by atoms with Gasteiger partial charge in [-0.1, -0.05) is 64.0 Å². The van der Waals surface area contributed by atoms with Gasteiger partial charge < -0.3 is 25.4 Å². The third-order valence-corrected chi connectivity index (χ3v) is 6.61. The Balaban J connectivity index is 2.32. The number of carbonyl (C=O) groups excluding carboxylic acids is 3. The fourth-order valence-electron chi connectivity index (χ4n) is 4.70. The van der Waals surface area contributed by atoms with Gasteiger partial charge in [0, 0.05) is 12.6 Å². The molecular weight excluding hydrogens is 470 g/mol. The summed E-state index contributed by atoms with van der Waals surface area (Å²) in [6.07, 6.45) is 9.47. The molecule has 0 radical (unpaired) electrons. The normalized spacial score (nSPS) is 15.9. The number of rotatable bonds is 12. The molecule has 1 aliphatic rings. The van der Waals surface area contributed by atoms with Crippen molar-refractivity contribution in [3.63, 3.8) is 0 Å². The molecule has 2 unspecified atom stereocenters. The van der Waals surface area contributed by atoms with Crippen molar-refractivity contribution >= 4 is 17.9 Å². The second kappa shape index (κ2) is 14.8. The number of alkyl carbamates (subject to hydrolysis) is 1. The minimum absolute atomic E-state index is 0.0830. The Morgan fingerprint density at radius 1 is 1.03 bits per heavy atom. The number of nitrogens with one attached hydrogen (secondary N) is 2. The van der Waals surface area contributed by atoms with Gasteiger partial charge in [-0.05, 0) is 64.7 Å². The molecule has 3 N–H and O–H groups in total. The van der Waals surface area contributed by atoms with Gasteiger partial charge in [0.1, 0.15) is 23.4 Å². The maximum absolute atomic E-state index is 13.8. The smallest absolute Gasteiger partial charge is 0.408 e.